The Morgan fingerprint density at radius 1 is 1.15 bits per heavy atom. The van der Waals surface area contributed by atoms with Gasteiger partial charge >= 0.3 is 12.2 Å². The number of carbonyl (C=O) groups is 2. The molecule has 1 fully saturated rings. The molecule has 2 aromatic rings. The standard InChI is InChI=1S/C22H22F5N3O2S/c1-3-18-19(31)30(20(33-18)16-9-6-14(23)12-17(16)24)11-10-29(2)21(32)28-15-7-4-13(5-8-15)22(25,26)27/h4-9,12,18,20H,3,10-11H2,1-2H3,(H,28,32)/t18-,20-/m0/s1. The molecule has 0 radical (unpaired) electrons. The number of halogens is 5. The molecule has 1 aliphatic heterocycles. The third-order valence-corrected chi connectivity index (χ3v) is 6.85. The highest BCUT2D eigenvalue weighted by atomic mass is 32.2. The summed E-state index contributed by atoms with van der Waals surface area (Å²) >= 11 is 1.27. The summed E-state index contributed by atoms with van der Waals surface area (Å²) in [4.78, 5) is 27.9. The van der Waals surface area contributed by atoms with Gasteiger partial charge in [-0.1, -0.05) is 13.0 Å². The number of anilines is 1. The van der Waals surface area contributed by atoms with Gasteiger partial charge in [-0.2, -0.15) is 13.2 Å². The van der Waals surface area contributed by atoms with Crippen molar-refractivity contribution < 1.29 is 31.5 Å². The van der Waals surface area contributed by atoms with Gasteiger partial charge in [-0.05, 0) is 36.8 Å². The second-order valence-electron chi connectivity index (χ2n) is 7.51. The molecule has 0 saturated carbocycles. The van der Waals surface area contributed by atoms with Crippen LogP contribution in [0.25, 0.3) is 0 Å². The first-order valence-corrected chi connectivity index (χ1v) is 11.1. The highest BCUT2D eigenvalue weighted by Crippen LogP contribution is 2.44. The zero-order chi connectivity index (χ0) is 24.3. The minimum absolute atomic E-state index is 0.0918. The zero-order valence-electron chi connectivity index (χ0n) is 17.8. The Morgan fingerprint density at radius 2 is 1.82 bits per heavy atom. The quantitative estimate of drug-likeness (QED) is 0.548. The minimum Gasteiger partial charge on any atom is -0.326 e. The van der Waals surface area contributed by atoms with Gasteiger partial charge in [0.2, 0.25) is 5.91 Å². The topological polar surface area (TPSA) is 52.6 Å². The van der Waals surface area contributed by atoms with Gasteiger partial charge in [0, 0.05) is 37.5 Å². The van der Waals surface area contributed by atoms with E-state index < -0.39 is 34.8 Å². The van der Waals surface area contributed by atoms with Crippen LogP contribution in [0.2, 0.25) is 0 Å². The number of rotatable bonds is 6. The molecule has 33 heavy (non-hydrogen) atoms. The Morgan fingerprint density at radius 3 is 2.39 bits per heavy atom. The molecule has 178 valence electrons. The highest BCUT2D eigenvalue weighted by Gasteiger charge is 2.41. The molecule has 0 aromatic heterocycles. The average Bonchev–Trinajstić information content (AvgIpc) is 3.06. The fraction of sp³-hybridized carbons (Fsp3) is 0.364. The van der Waals surface area contributed by atoms with Gasteiger partial charge in [-0.15, -0.1) is 11.8 Å². The number of alkyl halides is 3. The lowest BCUT2D eigenvalue weighted by Gasteiger charge is -2.27. The van der Waals surface area contributed by atoms with Crippen LogP contribution in [0.1, 0.15) is 29.8 Å². The second-order valence-corrected chi connectivity index (χ2v) is 8.80. The highest BCUT2D eigenvalue weighted by molar-refractivity contribution is 8.01. The number of nitrogens with one attached hydrogen (secondary N) is 1. The minimum atomic E-state index is -4.48. The summed E-state index contributed by atoms with van der Waals surface area (Å²) in [5.41, 5.74) is -0.462. The van der Waals surface area contributed by atoms with Gasteiger partial charge in [0.05, 0.1) is 10.8 Å². The molecule has 5 nitrogen and oxygen atoms in total. The van der Waals surface area contributed by atoms with Crippen molar-refractivity contribution in [1.82, 2.24) is 9.80 Å². The number of benzene rings is 2. The second kappa shape index (κ2) is 9.98. The molecule has 1 N–H and O–H groups in total. The molecule has 0 bridgehead atoms. The maximum atomic E-state index is 14.4. The number of carbonyl (C=O) groups excluding carboxylic acids is 2. The summed E-state index contributed by atoms with van der Waals surface area (Å²) in [6.07, 6.45) is -3.94. The van der Waals surface area contributed by atoms with Crippen molar-refractivity contribution in [2.45, 2.75) is 30.1 Å². The van der Waals surface area contributed by atoms with Crippen molar-refractivity contribution in [2.24, 2.45) is 0 Å². The van der Waals surface area contributed by atoms with Crippen molar-refractivity contribution >= 4 is 29.4 Å². The van der Waals surface area contributed by atoms with Crippen molar-refractivity contribution in [3.05, 3.63) is 65.2 Å². The number of thioether (sulfide) groups is 1. The molecule has 11 heteroatoms. The predicted molar refractivity (Wildman–Crippen MR) is 116 cm³/mol. The van der Waals surface area contributed by atoms with Crippen LogP contribution < -0.4 is 5.32 Å². The van der Waals surface area contributed by atoms with Gasteiger partial charge in [-0.25, -0.2) is 13.6 Å². The van der Waals surface area contributed by atoms with E-state index in [-0.39, 0.29) is 35.5 Å². The van der Waals surface area contributed by atoms with E-state index in [0.29, 0.717) is 6.42 Å². The van der Waals surface area contributed by atoms with Crippen LogP contribution in [0.3, 0.4) is 0 Å². The normalized spacial score (nSPS) is 18.5. The third-order valence-electron chi connectivity index (χ3n) is 5.22. The molecule has 1 aliphatic rings. The summed E-state index contributed by atoms with van der Waals surface area (Å²) in [5.74, 6) is -1.67. The molecule has 0 spiro atoms. The Bertz CT molecular complexity index is 1020. The number of likely N-dealkylation sites (N-methyl/N-ethyl adjacent to an activating group) is 1. The summed E-state index contributed by atoms with van der Waals surface area (Å²) in [6, 6.07) is 6.65. The maximum Gasteiger partial charge on any atom is 0.416 e. The molecule has 0 unspecified atom stereocenters. The van der Waals surface area contributed by atoms with Crippen LogP contribution in [0.5, 0.6) is 0 Å². The largest absolute Gasteiger partial charge is 0.416 e. The van der Waals surface area contributed by atoms with E-state index in [0.717, 1.165) is 36.4 Å². The van der Waals surface area contributed by atoms with Crippen LogP contribution in [0.4, 0.5) is 32.4 Å². The van der Waals surface area contributed by atoms with Gasteiger partial charge in [-0.3, -0.25) is 4.79 Å². The number of hydrogen-bond donors (Lipinski definition) is 1. The first-order chi connectivity index (χ1) is 15.5. The number of nitrogens with zero attached hydrogens (tertiary/aromatic N) is 2. The van der Waals surface area contributed by atoms with E-state index in [1.165, 1.54) is 34.7 Å². The molecule has 2 atom stereocenters. The third kappa shape index (κ3) is 5.76. The van der Waals surface area contributed by atoms with E-state index in [1.807, 2.05) is 6.92 Å². The van der Waals surface area contributed by atoms with Gasteiger partial charge in [0.15, 0.2) is 0 Å². The van der Waals surface area contributed by atoms with Crippen molar-refractivity contribution in [3.8, 4) is 0 Å². The van der Waals surface area contributed by atoms with E-state index in [4.69, 9.17) is 0 Å². The average molecular weight is 487 g/mol. The Labute approximate surface area is 191 Å². The van der Waals surface area contributed by atoms with E-state index in [9.17, 15) is 31.5 Å². The predicted octanol–water partition coefficient (Wildman–Crippen LogP) is 5.50. The van der Waals surface area contributed by atoms with Crippen LogP contribution in [0.15, 0.2) is 42.5 Å². The lowest BCUT2D eigenvalue weighted by molar-refractivity contribution is -0.137. The molecule has 1 heterocycles. The van der Waals surface area contributed by atoms with Gasteiger partial charge in [0.1, 0.15) is 17.0 Å². The van der Waals surface area contributed by atoms with Crippen LogP contribution in [-0.4, -0.2) is 47.1 Å². The van der Waals surface area contributed by atoms with Crippen molar-refractivity contribution in [2.75, 3.05) is 25.5 Å². The first kappa shape index (κ1) is 24.8. The van der Waals surface area contributed by atoms with Gasteiger partial charge < -0.3 is 15.1 Å². The number of amides is 3. The summed E-state index contributed by atoms with van der Waals surface area (Å²) in [5, 5.41) is 1.45. The Hall–Kier alpha value is -2.82. The SMILES string of the molecule is CC[C@@H]1S[C@@H](c2ccc(F)cc2F)N(CCN(C)C(=O)Nc2ccc(C(F)(F)F)cc2)C1=O. The Balaban J connectivity index is 1.65. The Kier molecular flexibility index (Phi) is 7.51. The lowest BCUT2D eigenvalue weighted by atomic mass is 10.1. The van der Waals surface area contributed by atoms with E-state index >= 15 is 0 Å². The molecule has 2 aromatic carbocycles. The summed E-state index contributed by atoms with van der Waals surface area (Å²) in [6.45, 7) is 2.02. The zero-order valence-corrected chi connectivity index (χ0v) is 18.6. The summed E-state index contributed by atoms with van der Waals surface area (Å²) < 4.78 is 65.7. The van der Waals surface area contributed by atoms with Crippen molar-refractivity contribution in [3.63, 3.8) is 0 Å². The molecular formula is C22H22F5N3O2S. The van der Waals surface area contributed by atoms with E-state index in [2.05, 4.69) is 5.32 Å². The molecular weight excluding hydrogens is 465 g/mol. The van der Waals surface area contributed by atoms with Crippen molar-refractivity contribution in [1.29, 1.82) is 0 Å². The maximum absolute atomic E-state index is 14.4. The fourth-order valence-corrected chi connectivity index (χ4v) is 4.80. The van der Waals surface area contributed by atoms with Gasteiger partial charge in [0.25, 0.3) is 0 Å². The fourth-order valence-electron chi connectivity index (χ4n) is 3.35. The van der Waals surface area contributed by atoms with E-state index in [1.54, 1.807) is 0 Å². The van der Waals surface area contributed by atoms with Crippen LogP contribution >= 0.6 is 11.8 Å². The van der Waals surface area contributed by atoms with Crippen LogP contribution in [-0.2, 0) is 11.0 Å². The lowest BCUT2D eigenvalue weighted by Crippen LogP contribution is -2.40. The molecule has 3 rings (SSSR count). The molecule has 3 amide bonds. The smallest absolute Gasteiger partial charge is 0.326 e. The molecule has 0 aliphatic carbocycles. The molecule has 1 saturated heterocycles. The monoisotopic (exact) mass is 487 g/mol. The summed E-state index contributed by atoms with van der Waals surface area (Å²) in [7, 11) is 1.47. The number of urea groups is 1. The first-order valence-electron chi connectivity index (χ1n) is 10.1. The number of hydrogen-bond acceptors (Lipinski definition) is 3. The van der Waals surface area contributed by atoms with Crippen LogP contribution in [0, 0.1) is 11.6 Å².